The van der Waals surface area contributed by atoms with Crippen LogP contribution in [0, 0.1) is 11.3 Å². The molecule has 1 amide bonds. The first-order valence-corrected chi connectivity index (χ1v) is 11.3. The van der Waals surface area contributed by atoms with Crippen molar-refractivity contribution in [3.8, 4) is 5.75 Å². The predicted octanol–water partition coefficient (Wildman–Crippen LogP) is 3.88. The molecule has 5 unspecified atom stereocenters. The van der Waals surface area contributed by atoms with Gasteiger partial charge in [0.15, 0.2) is 0 Å². The number of rotatable bonds is 3. The third-order valence-electron chi connectivity index (χ3n) is 8.08. The Morgan fingerprint density at radius 2 is 2.17 bits per heavy atom. The topological polar surface area (TPSA) is 67.6 Å². The van der Waals surface area contributed by atoms with Crippen LogP contribution in [0.5, 0.6) is 5.75 Å². The van der Waals surface area contributed by atoms with E-state index in [9.17, 15) is 9.90 Å². The van der Waals surface area contributed by atoms with Gasteiger partial charge >= 0.3 is 0 Å². The summed E-state index contributed by atoms with van der Waals surface area (Å²) in [5.74, 6) is 0.697. The number of hydrogen-bond donors (Lipinski definition) is 1. The fourth-order valence-electron chi connectivity index (χ4n) is 6.58. The van der Waals surface area contributed by atoms with Gasteiger partial charge < -0.3 is 14.7 Å². The summed E-state index contributed by atoms with van der Waals surface area (Å²) in [7, 11) is 3.46. The van der Waals surface area contributed by atoms with Crippen molar-refractivity contribution in [2.45, 2.75) is 63.5 Å². The van der Waals surface area contributed by atoms with Gasteiger partial charge in [0, 0.05) is 25.0 Å². The van der Waals surface area contributed by atoms with Crippen molar-refractivity contribution in [2.75, 3.05) is 13.7 Å². The Morgan fingerprint density at radius 3 is 2.90 bits per heavy atom. The first-order chi connectivity index (χ1) is 14.2. The number of aryl methyl sites for hydroxylation is 1. The minimum absolute atomic E-state index is 0.0806. The zero-order chi connectivity index (χ0) is 21.4. The molecule has 5 atom stereocenters. The van der Waals surface area contributed by atoms with Crippen LogP contribution in [0.15, 0.2) is 12.1 Å². The molecule has 1 aromatic heterocycles. The second-order valence-corrected chi connectivity index (χ2v) is 10.4. The summed E-state index contributed by atoms with van der Waals surface area (Å²) in [5, 5.41) is 17.1. The molecule has 6 nitrogen and oxygen atoms in total. The van der Waals surface area contributed by atoms with E-state index in [1.54, 1.807) is 11.8 Å². The Hall–Kier alpha value is -1.79. The molecular weight excluding hydrogens is 402 g/mol. The zero-order valence-electron chi connectivity index (χ0n) is 18.1. The molecule has 0 radical (unpaired) electrons. The van der Waals surface area contributed by atoms with Crippen LogP contribution in [0.2, 0.25) is 5.02 Å². The van der Waals surface area contributed by atoms with Gasteiger partial charge in [-0.1, -0.05) is 18.5 Å². The van der Waals surface area contributed by atoms with Gasteiger partial charge in [0.05, 0.1) is 34.9 Å². The maximum atomic E-state index is 13.7. The number of carbonyl (C=O) groups is 1. The van der Waals surface area contributed by atoms with E-state index in [2.05, 4.69) is 12.0 Å². The fraction of sp³-hybridized carbons (Fsp3) is 0.652. The predicted molar refractivity (Wildman–Crippen MR) is 116 cm³/mol. The van der Waals surface area contributed by atoms with Crippen LogP contribution in [0.25, 0.3) is 10.9 Å². The molecule has 3 bridgehead atoms. The lowest BCUT2D eigenvalue weighted by molar-refractivity contribution is -0.178. The number of amides is 1. The van der Waals surface area contributed by atoms with E-state index in [0.29, 0.717) is 28.8 Å². The third-order valence-corrected chi connectivity index (χ3v) is 8.46. The lowest BCUT2D eigenvalue weighted by Crippen LogP contribution is -2.64. The molecule has 2 aliphatic carbocycles. The SMILES string of the molecule is COc1ccc2c(c(C(C)C(=O)N3CC4CCC5(O)CC3CC4(C)C5)nn2C)c1Cl. The number of ether oxygens (including phenoxy) is 1. The van der Waals surface area contributed by atoms with Crippen molar-refractivity contribution in [3.63, 3.8) is 0 Å². The molecule has 5 rings (SSSR count). The number of hydrogen-bond acceptors (Lipinski definition) is 4. The summed E-state index contributed by atoms with van der Waals surface area (Å²) in [5.41, 5.74) is 1.09. The minimum Gasteiger partial charge on any atom is -0.495 e. The van der Waals surface area contributed by atoms with Crippen LogP contribution in [0.4, 0.5) is 0 Å². The molecule has 3 fully saturated rings. The summed E-state index contributed by atoms with van der Waals surface area (Å²) in [6.45, 7) is 5.00. The molecular formula is C23H30ClN3O3. The number of aliphatic hydroxyl groups is 1. The van der Waals surface area contributed by atoms with Gasteiger partial charge in [-0.15, -0.1) is 0 Å². The van der Waals surface area contributed by atoms with Gasteiger partial charge in [-0.25, -0.2) is 0 Å². The Morgan fingerprint density at radius 1 is 1.40 bits per heavy atom. The van der Waals surface area contributed by atoms with Gasteiger partial charge in [-0.2, -0.15) is 5.10 Å². The number of halogens is 1. The number of likely N-dealkylation sites (tertiary alicyclic amines) is 1. The maximum Gasteiger partial charge on any atom is 0.231 e. The quantitative estimate of drug-likeness (QED) is 0.800. The molecule has 2 heterocycles. The van der Waals surface area contributed by atoms with Crippen LogP contribution in [0.1, 0.15) is 57.6 Å². The monoisotopic (exact) mass is 431 g/mol. The molecule has 30 heavy (non-hydrogen) atoms. The first kappa shape index (κ1) is 20.1. The lowest BCUT2D eigenvalue weighted by Gasteiger charge is -2.61. The van der Waals surface area contributed by atoms with Crippen molar-refractivity contribution in [2.24, 2.45) is 18.4 Å². The van der Waals surface area contributed by atoms with E-state index in [0.717, 1.165) is 43.1 Å². The molecule has 1 aliphatic heterocycles. The Kier molecular flexibility index (Phi) is 4.43. The average Bonchev–Trinajstić information content (AvgIpc) is 3.02. The number of fused-ring (bicyclic) bond motifs is 3. The standard InChI is InChI=1S/C23H30ClN3O3/c1-13(20-18-16(26(3)25-20)5-6-17(30-4)19(18)24)21(28)27-11-14-7-8-23(29)10-15(27)9-22(14,2)12-23/h5-6,13-15,29H,7-12H2,1-4H3. The van der Waals surface area contributed by atoms with Crippen LogP contribution < -0.4 is 4.74 Å². The number of benzene rings is 1. The van der Waals surface area contributed by atoms with Gasteiger partial charge in [-0.05, 0) is 62.5 Å². The number of carbonyl (C=O) groups excluding carboxylic acids is 1. The van der Waals surface area contributed by atoms with E-state index in [1.807, 2.05) is 31.0 Å². The third kappa shape index (κ3) is 2.79. The summed E-state index contributed by atoms with van der Waals surface area (Å²) < 4.78 is 7.17. The molecule has 1 N–H and O–H groups in total. The van der Waals surface area contributed by atoms with Crippen molar-refractivity contribution < 1.29 is 14.6 Å². The average molecular weight is 432 g/mol. The van der Waals surface area contributed by atoms with Gasteiger partial charge in [0.1, 0.15) is 5.75 Å². The van der Waals surface area contributed by atoms with Crippen LogP contribution >= 0.6 is 11.6 Å². The van der Waals surface area contributed by atoms with Crippen molar-refractivity contribution in [1.29, 1.82) is 0 Å². The van der Waals surface area contributed by atoms with E-state index in [-0.39, 0.29) is 17.4 Å². The molecule has 2 aromatic rings. The molecule has 1 aromatic carbocycles. The van der Waals surface area contributed by atoms with Crippen LogP contribution in [0.3, 0.4) is 0 Å². The van der Waals surface area contributed by atoms with E-state index >= 15 is 0 Å². The van der Waals surface area contributed by atoms with Gasteiger partial charge in [-0.3, -0.25) is 9.48 Å². The summed E-state index contributed by atoms with van der Waals surface area (Å²) in [4.78, 5) is 15.8. The Bertz CT molecular complexity index is 1030. The van der Waals surface area contributed by atoms with Gasteiger partial charge in [0.25, 0.3) is 0 Å². The van der Waals surface area contributed by atoms with E-state index < -0.39 is 11.5 Å². The van der Waals surface area contributed by atoms with Gasteiger partial charge in [0.2, 0.25) is 5.91 Å². The van der Waals surface area contributed by atoms with Crippen molar-refractivity contribution in [3.05, 3.63) is 22.8 Å². The molecule has 2 saturated carbocycles. The molecule has 1 saturated heterocycles. The second kappa shape index (κ2) is 6.60. The van der Waals surface area contributed by atoms with Crippen molar-refractivity contribution in [1.82, 2.24) is 14.7 Å². The second-order valence-electron chi connectivity index (χ2n) is 10.0. The highest BCUT2D eigenvalue weighted by Gasteiger charge is 2.57. The highest BCUT2D eigenvalue weighted by atomic mass is 35.5. The van der Waals surface area contributed by atoms with E-state index in [4.69, 9.17) is 16.3 Å². The highest BCUT2D eigenvalue weighted by Crippen LogP contribution is 2.58. The smallest absolute Gasteiger partial charge is 0.231 e. The number of aromatic nitrogens is 2. The highest BCUT2D eigenvalue weighted by molar-refractivity contribution is 6.37. The number of piperidine rings is 1. The fourth-order valence-corrected chi connectivity index (χ4v) is 6.91. The summed E-state index contributed by atoms with van der Waals surface area (Å²) in [6, 6.07) is 3.85. The molecule has 3 aliphatic rings. The van der Waals surface area contributed by atoms with Crippen LogP contribution in [-0.4, -0.2) is 51.0 Å². The molecule has 0 spiro atoms. The normalized spacial score (nSPS) is 33.7. The first-order valence-electron chi connectivity index (χ1n) is 10.9. The largest absolute Gasteiger partial charge is 0.495 e. The van der Waals surface area contributed by atoms with Crippen LogP contribution in [-0.2, 0) is 11.8 Å². The molecule has 162 valence electrons. The lowest BCUT2D eigenvalue weighted by atomic mass is 9.52. The summed E-state index contributed by atoms with van der Waals surface area (Å²) >= 11 is 6.63. The Balaban J connectivity index is 1.51. The summed E-state index contributed by atoms with van der Waals surface area (Å²) in [6.07, 6.45) is 4.40. The zero-order valence-corrected chi connectivity index (χ0v) is 18.9. The number of methoxy groups -OCH3 is 1. The number of nitrogens with zero attached hydrogens (tertiary/aromatic N) is 3. The maximum absolute atomic E-state index is 13.7. The van der Waals surface area contributed by atoms with Crippen molar-refractivity contribution >= 4 is 28.4 Å². The minimum atomic E-state index is -0.620. The molecule has 7 heteroatoms. The van der Waals surface area contributed by atoms with E-state index in [1.165, 1.54) is 0 Å². The Labute approximate surface area is 182 Å².